The zero-order valence-electron chi connectivity index (χ0n) is 18.6. The van der Waals surface area contributed by atoms with Crippen LogP contribution in [0.2, 0.25) is 10.0 Å². The Morgan fingerprint density at radius 3 is 2.29 bits per heavy atom. The number of phenols is 1. The summed E-state index contributed by atoms with van der Waals surface area (Å²) in [6.45, 7) is 1.78. The Labute approximate surface area is 211 Å². The first-order chi connectivity index (χ1) is 16.8. The molecule has 35 heavy (non-hydrogen) atoms. The number of rotatable bonds is 7. The molecule has 0 fully saturated rings. The van der Waals surface area contributed by atoms with Crippen LogP contribution in [0.5, 0.6) is 5.75 Å². The second-order valence-corrected chi connectivity index (χ2v) is 8.59. The monoisotopic (exact) mass is 510 g/mol. The van der Waals surface area contributed by atoms with Gasteiger partial charge < -0.3 is 9.84 Å². The fraction of sp³-hybridized carbons (Fsp3) is 0.154. The summed E-state index contributed by atoms with van der Waals surface area (Å²) >= 11 is 11.9. The lowest BCUT2D eigenvalue weighted by Crippen LogP contribution is -2.47. The molecule has 1 N–H and O–H groups in total. The second kappa shape index (κ2) is 10.3. The topological polar surface area (TPSA) is 96.3 Å². The van der Waals surface area contributed by atoms with Gasteiger partial charge in [-0.15, -0.1) is 0 Å². The van der Waals surface area contributed by atoms with Gasteiger partial charge in [-0.25, -0.2) is 4.79 Å². The van der Waals surface area contributed by atoms with Crippen molar-refractivity contribution in [3.63, 3.8) is 0 Å². The SMILES string of the molecule is CCOC(=O)[C@@H](Cc1ccc(N=Cc2cc(Cl)cc(Cl)c2O)cc1)N1C(=O)c2ccccc2C1=O. The van der Waals surface area contributed by atoms with E-state index >= 15 is 0 Å². The number of hydrogen-bond acceptors (Lipinski definition) is 6. The Bertz CT molecular complexity index is 1300. The molecule has 1 aliphatic rings. The van der Waals surface area contributed by atoms with Crippen molar-refractivity contribution in [2.24, 2.45) is 4.99 Å². The number of phenolic OH excluding ortho intramolecular Hbond substituents is 1. The van der Waals surface area contributed by atoms with Crippen LogP contribution in [0.25, 0.3) is 0 Å². The van der Waals surface area contributed by atoms with Crippen LogP contribution in [0, 0.1) is 0 Å². The van der Waals surface area contributed by atoms with Gasteiger partial charge in [0.1, 0.15) is 11.8 Å². The molecule has 0 aromatic heterocycles. The van der Waals surface area contributed by atoms with E-state index in [4.69, 9.17) is 27.9 Å². The molecule has 0 unspecified atom stereocenters. The molecule has 0 spiro atoms. The van der Waals surface area contributed by atoms with Crippen molar-refractivity contribution >= 4 is 52.9 Å². The molecule has 1 heterocycles. The summed E-state index contributed by atoms with van der Waals surface area (Å²) in [7, 11) is 0. The predicted molar refractivity (Wildman–Crippen MR) is 133 cm³/mol. The molecule has 0 saturated carbocycles. The number of benzene rings is 3. The fourth-order valence-corrected chi connectivity index (χ4v) is 4.29. The first-order valence-corrected chi connectivity index (χ1v) is 11.5. The molecule has 1 aliphatic heterocycles. The number of carbonyl (C=O) groups is 3. The number of halogens is 2. The highest BCUT2D eigenvalue weighted by atomic mass is 35.5. The summed E-state index contributed by atoms with van der Waals surface area (Å²) in [5.41, 5.74) is 2.16. The van der Waals surface area contributed by atoms with E-state index in [1.807, 2.05) is 0 Å². The third-order valence-corrected chi connectivity index (χ3v) is 5.98. The molecule has 7 nitrogen and oxygen atoms in total. The summed E-state index contributed by atoms with van der Waals surface area (Å²) in [5, 5.41) is 10.5. The minimum atomic E-state index is -1.11. The summed E-state index contributed by atoms with van der Waals surface area (Å²) < 4.78 is 5.17. The highest BCUT2D eigenvalue weighted by Crippen LogP contribution is 2.31. The van der Waals surface area contributed by atoms with Gasteiger partial charge >= 0.3 is 5.97 Å². The van der Waals surface area contributed by atoms with Crippen molar-refractivity contribution in [2.75, 3.05) is 6.61 Å². The third-order valence-electron chi connectivity index (χ3n) is 5.47. The maximum Gasteiger partial charge on any atom is 0.329 e. The van der Waals surface area contributed by atoms with Crippen molar-refractivity contribution in [1.82, 2.24) is 4.90 Å². The molecule has 3 aromatic carbocycles. The van der Waals surface area contributed by atoms with E-state index in [2.05, 4.69) is 4.99 Å². The number of esters is 1. The molecular formula is C26H20Cl2N2O5. The van der Waals surface area contributed by atoms with E-state index in [1.54, 1.807) is 55.5 Å². The largest absolute Gasteiger partial charge is 0.506 e. The van der Waals surface area contributed by atoms with E-state index in [1.165, 1.54) is 18.3 Å². The van der Waals surface area contributed by atoms with Crippen molar-refractivity contribution in [3.05, 3.63) is 93.0 Å². The zero-order valence-corrected chi connectivity index (χ0v) is 20.1. The zero-order chi connectivity index (χ0) is 25.1. The highest BCUT2D eigenvalue weighted by Gasteiger charge is 2.43. The van der Waals surface area contributed by atoms with Gasteiger partial charge in [-0.3, -0.25) is 19.5 Å². The van der Waals surface area contributed by atoms with Crippen LogP contribution in [0.1, 0.15) is 38.8 Å². The molecule has 1 atom stereocenters. The lowest BCUT2D eigenvalue weighted by atomic mass is 10.0. The minimum Gasteiger partial charge on any atom is -0.506 e. The number of imide groups is 1. The van der Waals surface area contributed by atoms with Crippen LogP contribution in [0.15, 0.2) is 65.7 Å². The van der Waals surface area contributed by atoms with Crippen LogP contribution >= 0.6 is 23.2 Å². The number of hydrogen-bond donors (Lipinski definition) is 1. The Hall–Kier alpha value is -3.68. The molecule has 4 rings (SSSR count). The van der Waals surface area contributed by atoms with Gasteiger partial charge in [-0.1, -0.05) is 47.5 Å². The van der Waals surface area contributed by atoms with Crippen LogP contribution in [0.3, 0.4) is 0 Å². The Morgan fingerprint density at radius 1 is 1.06 bits per heavy atom. The normalized spacial score (nSPS) is 13.9. The molecule has 9 heteroatoms. The van der Waals surface area contributed by atoms with E-state index in [0.717, 1.165) is 4.90 Å². The van der Waals surface area contributed by atoms with Gasteiger partial charge in [0, 0.05) is 23.2 Å². The smallest absolute Gasteiger partial charge is 0.329 e. The van der Waals surface area contributed by atoms with Gasteiger partial charge in [0.05, 0.1) is 28.4 Å². The van der Waals surface area contributed by atoms with Crippen LogP contribution in [-0.4, -0.2) is 46.7 Å². The van der Waals surface area contributed by atoms with Gasteiger partial charge in [0.15, 0.2) is 0 Å². The van der Waals surface area contributed by atoms with E-state index in [-0.39, 0.29) is 34.9 Å². The van der Waals surface area contributed by atoms with Crippen LogP contribution < -0.4 is 0 Å². The third kappa shape index (κ3) is 5.06. The first-order valence-electron chi connectivity index (χ1n) is 10.7. The van der Waals surface area contributed by atoms with Gasteiger partial charge in [0.25, 0.3) is 11.8 Å². The van der Waals surface area contributed by atoms with Crippen molar-refractivity contribution < 1.29 is 24.2 Å². The summed E-state index contributed by atoms with van der Waals surface area (Å²) in [4.78, 5) is 43.9. The fourth-order valence-electron chi connectivity index (χ4n) is 3.78. The molecular weight excluding hydrogens is 491 g/mol. The van der Waals surface area contributed by atoms with E-state index in [9.17, 15) is 19.5 Å². The Morgan fingerprint density at radius 2 is 1.69 bits per heavy atom. The predicted octanol–water partition coefficient (Wildman–Crippen LogP) is 5.22. The average Bonchev–Trinajstić information content (AvgIpc) is 3.10. The molecule has 178 valence electrons. The van der Waals surface area contributed by atoms with E-state index in [0.29, 0.717) is 21.8 Å². The number of aliphatic imine (C=N–C) groups is 1. The molecule has 3 aromatic rings. The van der Waals surface area contributed by atoms with E-state index < -0.39 is 23.8 Å². The van der Waals surface area contributed by atoms with Crippen molar-refractivity contribution in [1.29, 1.82) is 0 Å². The molecule has 0 aliphatic carbocycles. The molecule has 0 radical (unpaired) electrons. The number of fused-ring (bicyclic) bond motifs is 1. The van der Waals surface area contributed by atoms with Gasteiger partial charge in [-0.2, -0.15) is 0 Å². The Kier molecular flexibility index (Phi) is 7.19. The van der Waals surface area contributed by atoms with Gasteiger partial charge in [0.2, 0.25) is 0 Å². The number of amides is 2. The highest BCUT2D eigenvalue weighted by molar-refractivity contribution is 6.36. The number of ether oxygens (including phenoxy) is 1. The molecule has 0 bridgehead atoms. The van der Waals surface area contributed by atoms with Crippen LogP contribution in [-0.2, 0) is 16.0 Å². The van der Waals surface area contributed by atoms with Crippen LogP contribution in [0.4, 0.5) is 5.69 Å². The second-order valence-electron chi connectivity index (χ2n) is 7.75. The lowest BCUT2D eigenvalue weighted by molar-refractivity contribution is -0.147. The minimum absolute atomic E-state index is 0.0823. The number of carbonyl (C=O) groups excluding carboxylic acids is 3. The molecule has 0 saturated heterocycles. The summed E-state index contributed by atoms with van der Waals surface area (Å²) in [6, 6.07) is 15.2. The van der Waals surface area contributed by atoms with Crippen molar-refractivity contribution in [3.8, 4) is 5.75 Å². The maximum atomic E-state index is 12.9. The first kappa shape index (κ1) is 24.4. The average molecular weight is 511 g/mol. The maximum absolute atomic E-state index is 12.9. The van der Waals surface area contributed by atoms with Gasteiger partial charge in [-0.05, 0) is 48.9 Å². The summed E-state index contributed by atoms with van der Waals surface area (Å²) in [6.07, 6.45) is 1.52. The quantitative estimate of drug-likeness (QED) is 0.267. The standard InChI is InChI=1S/C26H20Cl2N2O5/c1-2-35-26(34)22(30-24(32)19-5-3-4-6-20(19)25(30)33)11-15-7-9-18(10-8-15)29-14-16-12-17(27)13-21(28)23(16)31/h3-10,12-14,22,31H,2,11H2,1H3/t22-/m1/s1. The molecule has 2 amide bonds. The van der Waals surface area contributed by atoms with Crippen molar-refractivity contribution in [2.45, 2.75) is 19.4 Å². The summed E-state index contributed by atoms with van der Waals surface area (Å²) in [5.74, 6) is -1.83. The number of aromatic hydroxyl groups is 1. The lowest BCUT2D eigenvalue weighted by Gasteiger charge is -2.24. The number of nitrogens with zero attached hydrogens (tertiary/aromatic N) is 2. The Balaban J connectivity index is 1.56.